The molecule has 210 valence electrons. The van der Waals surface area contributed by atoms with Crippen molar-refractivity contribution in [1.29, 1.82) is 0 Å². The van der Waals surface area contributed by atoms with Gasteiger partial charge in [0.25, 0.3) is 0 Å². The van der Waals surface area contributed by atoms with Crippen LogP contribution in [0.25, 0.3) is 22.4 Å². The number of rotatable bonds is 12. The standard InChI is InChI=1S/C29H29Cl2N3O5S/c1-3-23(28-32-17-27(33-28)24-13-10-21(30)16-25(24)31)20-6-4-18(5-7-20)19-8-11-22(12-9-19)39-15-14-26(29(35)36)34-40(2,37)38/h4-13,16-17,23,26,34H,3,14-15H2,1-2H3,(H,32,33)(H,35,36)/t23?,26-/m0/s1. The first kappa shape index (κ1) is 29.6. The molecule has 0 fully saturated rings. The number of ether oxygens (including phenoxy) is 1. The second-order valence-electron chi connectivity index (χ2n) is 9.32. The molecule has 0 aliphatic heterocycles. The van der Waals surface area contributed by atoms with Crippen molar-refractivity contribution in [2.75, 3.05) is 12.9 Å². The number of sulfonamides is 1. The Labute approximate surface area is 243 Å². The van der Waals surface area contributed by atoms with E-state index in [1.807, 2.05) is 24.4 Å². The van der Waals surface area contributed by atoms with E-state index in [1.54, 1.807) is 24.3 Å². The molecule has 3 N–H and O–H groups in total. The number of aromatic amines is 1. The van der Waals surface area contributed by atoms with Crippen LogP contribution in [0, 0.1) is 0 Å². The third-order valence-electron chi connectivity index (χ3n) is 6.37. The van der Waals surface area contributed by atoms with Crippen LogP contribution in [0.5, 0.6) is 5.75 Å². The van der Waals surface area contributed by atoms with E-state index < -0.39 is 22.0 Å². The number of nitrogens with zero attached hydrogens (tertiary/aromatic N) is 1. The molecule has 0 aliphatic carbocycles. The van der Waals surface area contributed by atoms with Crippen LogP contribution in [-0.2, 0) is 14.8 Å². The Morgan fingerprint density at radius 1 is 1.05 bits per heavy atom. The SMILES string of the molecule is CCC(c1ccc(-c2ccc(OCC[C@H](NS(C)(=O)=O)C(=O)O)cc2)cc1)c1nc(-c2ccc(Cl)cc2Cl)c[nH]1. The largest absolute Gasteiger partial charge is 0.494 e. The van der Waals surface area contributed by atoms with Crippen molar-refractivity contribution in [2.45, 2.75) is 31.7 Å². The zero-order chi connectivity index (χ0) is 28.9. The zero-order valence-corrected chi connectivity index (χ0v) is 24.2. The highest BCUT2D eigenvalue weighted by Crippen LogP contribution is 2.33. The van der Waals surface area contributed by atoms with Crippen molar-refractivity contribution < 1.29 is 23.1 Å². The lowest BCUT2D eigenvalue weighted by atomic mass is 9.93. The summed E-state index contributed by atoms with van der Waals surface area (Å²) in [6.45, 7) is 2.16. The molecule has 1 aromatic heterocycles. The number of benzene rings is 3. The van der Waals surface area contributed by atoms with E-state index in [4.69, 9.17) is 32.9 Å². The van der Waals surface area contributed by atoms with E-state index in [-0.39, 0.29) is 18.9 Å². The van der Waals surface area contributed by atoms with Gasteiger partial charge in [-0.15, -0.1) is 0 Å². The molecule has 1 unspecified atom stereocenters. The third-order valence-corrected chi connectivity index (χ3v) is 7.63. The van der Waals surface area contributed by atoms with Crippen LogP contribution in [0.15, 0.2) is 72.9 Å². The molecule has 0 amide bonds. The summed E-state index contributed by atoms with van der Waals surface area (Å²) in [5.41, 5.74) is 4.73. The van der Waals surface area contributed by atoms with Gasteiger partial charge >= 0.3 is 5.97 Å². The van der Waals surface area contributed by atoms with Gasteiger partial charge in [0.05, 0.1) is 23.6 Å². The highest BCUT2D eigenvalue weighted by atomic mass is 35.5. The summed E-state index contributed by atoms with van der Waals surface area (Å²) in [6.07, 6.45) is 3.63. The third kappa shape index (κ3) is 7.63. The van der Waals surface area contributed by atoms with E-state index in [1.165, 1.54) is 0 Å². The summed E-state index contributed by atoms with van der Waals surface area (Å²) >= 11 is 12.4. The summed E-state index contributed by atoms with van der Waals surface area (Å²) in [4.78, 5) is 19.4. The quantitative estimate of drug-likeness (QED) is 0.173. The first-order valence-corrected chi connectivity index (χ1v) is 15.2. The van der Waals surface area contributed by atoms with Crippen LogP contribution in [0.4, 0.5) is 0 Å². The lowest BCUT2D eigenvalue weighted by Crippen LogP contribution is -2.41. The predicted octanol–water partition coefficient (Wildman–Crippen LogP) is 6.36. The van der Waals surface area contributed by atoms with Crippen LogP contribution in [0.3, 0.4) is 0 Å². The van der Waals surface area contributed by atoms with Gasteiger partial charge in [0.2, 0.25) is 10.0 Å². The van der Waals surface area contributed by atoms with Crippen molar-refractivity contribution in [2.24, 2.45) is 0 Å². The Hall–Kier alpha value is -3.37. The minimum atomic E-state index is -3.64. The smallest absolute Gasteiger partial charge is 0.321 e. The topological polar surface area (TPSA) is 121 Å². The minimum absolute atomic E-state index is 0.00584. The maximum absolute atomic E-state index is 11.3. The van der Waals surface area contributed by atoms with E-state index in [0.717, 1.165) is 46.4 Å². The fraction of sp³-hybridized carbons (Fsp3) is 0.241. The minimum Gasteiger partial charge on any atom is -0.494 e. The lowest BCUT2D eigenvalue weighted by molar-refractivity contribution is -0.139. The summed E-state index contributed by atoms with van der Waals surface area (Å²) in [5.74, 6) is 0.243. The Kier molecular flexibility index (Phi) is 9.52. The van der Waals surface area contributed by atoms with Gasteiger partial charge in [0.15, 0.2) is 0 Å². The van der Waals surface area contributed by atoms with E-state index in [0.29, 0.717) is 15.8 Å². The number of hydrogen-bond acceptors (Lipinski definition) is 5. The van der Waals surface area contributed by atoms with Gasteiger partial charge in [-0.25, -0.2) is 18.1 Å². The number of nitrogens with one attached hydrogen (secondary N) is 2. The zero-order valence-electron chi connectivity index (χ0n) is 21.9. The van der Waals surface area contributed by atoms with Gasteiger partial charge in [-0.1, -0.05) is 66.5 Å². The molecular formula is C29H29Cl2N3O5S. The number of carboxylic acid groups (broad SMARTS) is 1. The molecule has 1 heterocycles. The van der Waals surface area contributed by atoms with Crippen LogP contribution in [0.2, 0.25) is 10.0 Å². The summed E-state index contributed by atoms with van der Waals surface area (Å²) in [5, 5.41) is 10.3. The van der Waals surface area contributed by atoms with Gasteiger partial charge < -0.3 is 14.8 Å². The van der Waals surface area contributed by atoms with Gasteiger partial charge in [-0.2, -0.15) is 0 Å². The second kappa shape index (κ2) is 12.9. The average molecular weight is 603 g/mol. The van der Waals surface area contributed by atoms with Crippen LogP contribution in [0.1, 0.15) is 37.1 Å². The van der Waals surface area contributed by atoms with E-state index >= 15 is 0 Å². The fourth-order valence-corrected chi connectivity index (χ4v) is 5.62. The van der Waals surface area contributed by atoms with Crippen molar-refractivity contribution >= 4 is 39.2 Å². The molecule has 40 heavy (non-hydrogen) atoms. The molecule has 0 radical (unpaired) electrons. The predicted molar refractivity (Wildman–Crippen MR) is 158 cm³/mol. The maximum atomic E-state index is 11.3. The van der Waals surface area contributed by atoms with E-state index in [2.05, 4.69) is 40.9 Å². The van der Waals surface area contributed by atoms with E-state index in [9.17, 15) is 18.3 Å². The molecule has 0 saturated carbocycles. The van der Waals surface area contributed by atoms with Gasteiger partial charge in [0, 0.05) is 29.1 Å². The van der Waals surface area contributed by atoms with Gasteiger partial charge in [-0.3, -0.25) is 4.79 Å². The number of hydrogen-bond donors (Lipinski definition) is 3. The fourth-order valence-electron chi connectivity index (χ4n) is 4.37. The average Bonchev–Trinajstić information content (AvgIpc) is 3.38. The highest BCUT2D eigenvalue weighted by Gasteiger charge is 2.21. The molecule has 0 bridgehead atoms. The first-order chi connectivity index (χ1) is 19.0. The summed E-state index contributed by atoms with van der Waals surface area (Å²) in [6, 6.07) is 19.8. The normalized spacial score (nSPS) is 13.1. The molecule has 0 spiro atoms. The monoisotopic (exact) mass is 601 g/mol. The maximum Gasteiger partial charge on any atom is 0.321 e. The number of carboxylic acids is 1. The van der Waals surface area contributed by atoms with Crippen molar-refractivity contribution in [3.05, 3.63) is 94.4 Å². The molecule has 8 nitrogen and oxygen atoms in total. The molecular weight excluding hydrogens is 573 g/mol. The number of carbonyl (C=O) groups is 1. The first-order valence-electron chi connectivity index (χ1n) is 12.6. The van der Waals surface area contributed by atoms with Crippen LogP contribution < -0.4 is 9.46 Å². The molecule has 0 saturated heterocycles. The number of aromatic nitrogens is 2. The van der Waals surface area contributed by atoms with Crippen molar-refractivity contribution in [1.82, 2.24) is 14.7 Å². The Morgan fingerprint density at radius 2 is 1.70 bits per heavy atom. The molecule has 2 atom stereocenters. The van der Waals surface area contributed by atoms with Crippen LogP contribution in [-0.4, -0.2) is 48.4 Å². The summed E-state index contributed by atoms with van der Waals surface area (Å²) in [7, 11) is -3.64. The number of aliphatic carboxylic acids is 1. The molecule has 4 rings (SSSR count). The summed E-state index contributed by atoms with van der Waals surface area (Å²) < 4.78 is 30.4. The number of imidazole rings is 1. The number of halogens is 2. The second-order valence-corrected chi connectivity index (χ2v) is 11.9. The van der Waals surface area contributed by atoms with Gasteiger partial charge in [-0.05, 0) is 53.4 Å². The highest BCUT2D eigenvalue weighted by molar-refractivity contribution is 7.88. The van der Waals surface area contributed by atoms with Crippen LogP contribution >= 0.6 is 23.2 Å². The Morgan fingerprint density at radius 3 is 2.27 bits per heavy atom. The number of H-pyrrole nitrogens is 1. The van der Waals surface area contributed by atoms with Crippen molar-refractivity contribution in [3.63, 3.8) is 0 Å². The molecule has 3 aromatic carbocycles. The van der Waals surface area contributed by atoms with Crippen molar-refractivity contribution in [3.8, 4) is 28.1 Å². The molecule has 0 aliphatic rings. The lowest BCUT2D eigenvalue weighted by Gasteiger charge is -2.14. The molecule has 4 aromatic rings. The molecule has 11 heteroatoms. The Balaban J connectivity index is 1.40. The van der Waals surface area contributed by atoms with Gasteiger partial charge in [0.1, 0.15) is 17.6 Å². The Bertz CT molecular complexity index is 1570.